The summed E-state index contributed by atoms with van der Waals surface area (Å²) >= 11 is 1.16. The lowest BCUT2D eigenvalue weighted by Crippen LogP contribution is -2.16. The zero-order valence-corrected chi connectivity index (χ0v) is 17.7. The highest BCUT2D eigenvalue weighted by atomic mass is 32.2. The fraction of sp³-hybridized carbons (Fsp3) is 0.286. The largest absolute Gasteiger partial charge is 0.483 e. The highest BCUT2D eigenvalue weighted by Gasteiger charge is 2.18. The Kier molecular flexibility index (Phi) is 7.04. The van der Waals surface area contributed by atoms with E-state index in [2.05, 4.69) is 22.4 Å². The quantitative estimate of drug-likeness (QED) is 0.530. The number of carbonyl (C=O) groups is 1. The third kappa shape index (κ3) is 5.35. The highest BCUT2D eigenvalue weighted by molar-refractivity contribution is 7.99. The molecule has 0 saturated heterocycles. The lowest BCUT2D eigenvalue weighted by atomic mass is 10.2. The van der Waals surface area contributed by atoms with Gasteiger partial charge >= 0.3 is 0 Å². The van der Waals surface area contributed by atoms with Crippen molar-refractivity contribution < 1.29 is 18.3 Å². The first-order valence-corrected chi connectivity index (χ1v) is 10.4. The molecule has 2 aromatic carbocycles. The molecule has 3 aromatic rings. The van der Waals surface area contributed by atoms with Gasteiger partial charge in [-0.3, -0.25) is 4.79 Å². The summed E-state index contributed by atoms with van der Waals surface area (Å²) < 4.78 is 34.3. The predicted molar refractivity (Wildman–Crippen MR) is 112 cm³/mol. The van der Waals surface area contributed by atoms with E-state index in [4.69, 9.17) is 4.74 Å². The number of hydrogen-bond donors (Lipinski definition) is 1. The molecule has 0 aliphatic rings. The van der Waals surface area contributed by atoms with Crippen LogP contribution in [0.2, 0.25) is 0 Å². The number of aryl methyl sites for hydroxylation is 1. The Morgan fingerprint density at radius 2 is 1.93 bits per heavy atom. The second-order valence-electron chi connectivity index (χ2n) is 6.62. The van der Waals surface area contributed by atoms with Crippen LogP contribution in [0.15, 0.2) is 47.6 Å². The minimum Gasteiger partial charge on any atom is -0.483 e. The number of rotatable bonds is 8. The van der Waals surface area contributed by atoms with E-state index >= 15 is 0 Å². The zero-order valence-electron chi connectivity index (χ0n) is 16.9. The number of nitrogens with one attached hydrogen (secondary N) is 1. The first kappa shape index (κ1) is 21.8. The van der Waals surface area contributed by atoms with Crippen molar-refractivity contribution in [3.8, 4) is 5.75 Å². The molecule has 0 aliphatic carbocycles. The van der Waals surface area contributed by atoms with Crippen molar-refractivity contribution in [2.24, 2.45) is 7.05 Å². The van der Waals surface area contributed by atoms with Gasteiger partial charge in [-0.1, -0.05) is 30.8 Å². The Morgan fingerprint density at radius 3 is 2.60 bits per heavy atom. The molecule has 0 radical (unpaired) electrons. The molecular formula is C21H22F2N4O2S. The Balaban J connectivity index is 1.58. The summed E-state index contributed by atoms with van der Waals surface area (Å²) in [5.74, 6) is -0.623. The maximum absolute atomic E-state index is 13.6. The van der Waals surface area contributed by atoms with Crippen molar-refractivity contribution in [1.29, 1.82) is 0 Å². The van der Waals surface area contributed by atoms with Crippen LogP contribution in [0.3, 0.4) is 0 Å². The van der Waals surface area contributed by atoms with Crippen LogP contribution >= 0.6 is 11.8 Å². The molecule has 6 nitrogen and oxygen atoms in total. The number of thioether (sulfide) groups is 1. The van der Waals surface area contributed by atoms with Gasteiger partial charge in [0.15, 0.2) is 17.1 Å². The summed E-state index contributed by atoms with van der Waals surface area (Å²) in [5.41, 5.74) is 1.16. The number of halogens is 2. The molecule has 1 heterocycles. The summed E-state index contributed by atoms with van der Waals surface area (Å²) in [5, 5.41) is 11.2. The van der Waals surface area contributed by atoms with E-state index in [-0.39, 0.29) is 17.5 Å². The molecule has 30 heavy (non-hydrogen) atoms. The number of anilines is 1. The molecule has 0 aliphatic heterocycles. The lowest BCUT2D eigenvalue weighted by molar-refractivity contribution is -0.113. The van der Waals surface area contributed by atoms with Crippen LogP contribution in [0.25, 0.3) is 0 Å². The molecule has 1 aromatic heterocycles. The van der Waals surface area contributed by atoms with Gasteiger partial charge in [0, 0.05) is 13.1 Å². The van der Waals surface area contributed by atoms with Gasteiger partial charge in [-0.15, -0.1) is 10.2 Å². The SMILES string of the molecule is CCc1ccc(OC(C)c2nnc(SCC(=O)Nc3ccc(F)cc3F)n2C)cc1. The molecule has 1 N–H and O–H groups in total. The maximum Gasteiger partial charge on any atom is 0.234 e. The van der Waals surface area contributed by atoms with E-state index in [1.54, 1.807) is 11.6 Å². The molecule has 0 saturated carbocycles. The molecule has 0 bridgehead atoms. The van der Waals surface area contributed by atoms with E-state index in [0.717, 1.165) is 36.1 Å². The van der Waals surface area contributed by atoms with Crippen molar-refractivity contribution >= 4 is 23.4 Å². The number of hydrogen-bond acceptors (Lipinski definition) is 5. The van der Waals surface area contributed by atoms with Crippen LogP contribution in [-0.4, -0.2) is 26.4 Å². The molecule has 158 valence electrons. The Morgan fingerprint density at radius 1 is 1.20 bits per heavy atom. The smallest absolute Gasteiger partial charge is 0.234 e. The van der Waals surface area contributed by atoms with Crippen LogP contribution < -0.4 is 10.1 Å². The third-order valence-corrected chi connectivity index (χ3v) is 5.43. The summed E-state index contributed by atoms with van der Waals surface area (Å²) in [4.78, 5) is 12.1. The van der Waals surface area contributed by atoms with Crippen molar-refractivity contribution in [2.75, 3.05) is 11.1 Å². The lowest BCUT2D eigenvalue weighted by Gasteiger charge is -2.14. The number of amides is 1. The predicted octanol–water partition coefficient (Wildman–Crippen LogP) is 4.53. The summed E-state index contributed by atoms with van der Waals surface area (Å²) in [6, 6.07) is 10.8. The number of ether oxygens (including phenoxy) is 1. The van der Waals surface area contributed by atoms with E-state index in [1.807, 2.05) is 31.2 Å². The molecule has 9 heteroatoms. The molecule has 1 amide bonds. The average Bonchev–Trinajstić information content (AvgIpc) is 3.09. The van der Waals surface area contributed by atoms with Crippen LogP contribution in [0.4, 0.5) is 14.5 Å². The number of carbonyl (C=O) groups excluding carboxylic acids is 1. The van der Waals surface area contributed by atoms with E-state index in [1.165, 1.54) is 11.6 Å². The first-order valence-electron chi connectivity index (χ1n) is 9.40. The molecule has 0 spiro atoms. The van der Waals surface area contributed by atoms with Crippen LogP contribution in [0.1, 0.15) is 31.3 Å². The van der Waals surface area contributed by atoms with Gasteiger partial charge in [-0.05, 0) is 43.2 Å². The minimum atomic E-state index is -0.827. The van der Waals surface area contributed by atoms with E-state index in [0.29, 0.717) is 11.0 Å². The van der Waals surface area contributed by atoms with Gasteiger partial charge in [-0.25, -0.2) is 8.78 Å². The highest BCUT2D eigenvalue weighted by Crippen LogP contribution is 2.24. The second kappa shape index (κ2) is 9.71. The topological polar surface area (TPSA) is 69.0 Å². The second-order valence-corrected chi connectivity index (χ2v) is 7.56. The third-order valence-electron chi connectivity index (χ3n) is 4.41. The average molecular weight is 432 g/mol. The number of aromatic nitrogens is 3. The first-order chi connectivity index (χ1) is 14.4. The molecule has 3 rings (SSSR count). The fourth-order valence-electron chi connectivity index (χ4n) is 2.77. The Bertz CT molecular complexity index is 1020. The van der Waals surface area contributed by atoms with Gasteiger partial charge in [0.1, 0.15) is 17.4 Å². The van der Waals surface area contributed by atoms with Gasteiger partial charge in [-0.2, -0.15) is 0 Å². The van der Waals surface area contributed by atoms with Crippen molar-refractivity contribution in [3.63, 3.8) is 0 Å². The number of nitrogens with zero attached hydrogens (tertiary/aromatic N) is 3. The molecule has 1 unspecified atom stereocenters. The van der Waals surface area contributed by atoms with Crippen molar-refractivity contribution in [3.05, 3.63) is 65.5 Å². The van der Waals surface area contributed by atoms with Crippen molar-refractivity contribution in [2.45, 2.75) is 31.5 Å². The minimum absolute atomic E-state index is 0.00346. The number of benzene rings is 2. The molecule has 0 fully saturated rings. The van der Waals surface area contributed by atoms with Crippen LogP contribution in [0.5, 0.6) is 5.75 Å². The van der Waals surface area contributed by atoms with Crippen molar-refractivity contribution in [1.82, 2.24) is 14.8 Å². The Hall–Kier alpha value is -2.94. The van der Waals surface area contributed by atoms with E-state index < -0.39 is 17.5 Å². The van der Waals surface area contributed by atoms with E-state index in [9.17, 15) is 13.6 Å². The normalized spacial score (nSPS) is 11.9. The van der Waals surface area contributed by atoms with Gasteiger partial charge in [0.25, 0.3) is 0 Å². The Labute approximate surface area is 177 Å². The summed E-state index contributed by atoms with van der Waals surface area (Å²) in [6.07, 6.45) is 0.618. The standard InChI is InChI=1S/C21H22F2N4O2S/c1-4-14-5-8-16(9-6-14)29-13(2)20-25-26-21(27(20)3)30-12-19(28)24-18-10-7-15(22)11-17(18)23/h5-11,13H,4,12H2,1-3H3,(H,24,28). The maximum atomic E-state index is 13.6. The van der Waals surface area contributed by atoms with Crippen LogP contribution in [-0.2, 0) is 18.3 Å². The molecule has 1 atom stereocenters. The zero-order chi connectivity index (χ0) is 21.7. The van der Waals surface area contributed by atoms with Crippen LogP contribution in [0, 0.1) is 11.6 Å². The molecular weight excluding hydrogens is 410 g/mol. The van der Waals surface area contributed by atoms with Gasteiger partial charge < -0.3 is 14.6 Å². The summed E-state index contributed by atoms with van der Waals surface area (Å²) in [7, 11) is 1.79. The van der Waals surface area contributed by atoms with Gasteiger partial charge in [0.2, 0.25) is 5.91 Å². The summed E-state index contributed by atoms with van der Waals surface area (Å²) in [6.45, 7) is 3.96. The fourth-order valence-corrected chi connectivity index (χ4v) is 3.49. The van der Waals surface area contributed by atoms with Gasteiger partial charge in [0.05, 0.1) is 11.4 Å². The monoisotopic (exact) mass is 432 g/mol.